The maximum Gasteiger partial charge on any atom is 0.293 e. The molecule has 9 nitrogen and oxygen atoms in total. The molecule has 0 spiro atoms. The smallest absolute Gasteiger partial charge is 0.293 e. The van der Waals surface area contributed by atoms with Gasteiger partial charge in [-0.05, 0) is 43.3 Å². The third-order valence-electron chi connectivity index (χ3n) is 4.71. The van der Waals surface area contributed by atoms with Crippen molar-refractivity contribution < 1.29 is 13.3 Å². The number of para-hydroxylation sites is 1. The first-order valence-electron chi connectivity index (χ1n) is 9.37. The number of hydrogen-bond acceptors (Lipinski definition) is 6. The molecule has 2 heterocycles. The Labute approximate surface area is 178 Å². The molecule has 0 amide bonds. The van der Waals surface area contributed by atoms with Crippen molar-refractivity contribution in [3.63, 3.8) is 0 Å². The zero-order valence-electron chi connectivity index (χ0n) is 16.5. The van der Waals surface area contributed by atoms with Crippen molar-refractivity contribution in [1.29, 1.82) is 0 Å². The molecule has 0 aliphatic rings. The molecule has 4 rings (SSSR count). The van der Waals surface area contributed by atoms with Crippen LogP contribution in [-0.2, 0) is 16.6 Å². The van der Waals surface area contributed by atoms with E-state index in [9.17, 15) is 18.5 Å². The maximum atomic E-state index is 12.6. The summed E-state index contributed by atoms with van der Waals surface area (Å²) in [5.41, 5.74) is 2.73. The predicted molar refractivity (Wildman–Crippen MR) is 118 cm³/mol. The second-order valence-electron chi connectivity index (χ2n) is 6.89. The summed E-state index contributed by atoms with van der Waals surface area (Å²) in [5, 5.41) is 14.6. The number of nitrogens with one attached hydrogen (secondary N) is 2. The van der Waals surface area contributed by atoms with Gasteiger partial charge in [0.2, 0.25) is 0 Å². The van der Waals surface area contributed by atoms with Gasteiger partial charge in [0, 0.05) is 23.6 Å². The summed E-state index contributed by atoms with van der Waals surface area (Å²) in [5.74, 6) is 0. The Kier molecular flexibility index (Phi) is 5.30. The van der Waals surface area contributed by atoms with Crippen molar-refractivity contribution in [3.8, 4) is 0 Å². The Bertz CT molecular complexity index is 1370. The minimum atomic E-state index is -3.97. The van der Waals surface area contributed by atoms with E-state index in [1.54, 1.807) is 30.3 Å². The largest absolute Gasteiger partial charge is 0.374 e. The Hall–Kier alpha value is -3.92. The number of imidazole rings is 1. The number of hydrogen-bond donors (Lipinski definition) is 2. The van der Waals surface area contributed by atoms with E-state index in [0.717, 1.165) is 17.4 Å². The first-order valence-corrected chi connectivity index (χ1v) is 10.9. The van der Waals surface area contributed by atoms with E-state index in [1.165, 1.54) is 12.1 Å². The van der Waals surface area contributed by atoms with Crippen LogP contribution in [0.3, 0.4) is 0 Å². The molecule has 0 fully saturated rings. The summed E-state index contributed by atoms with van der Waals surface area (Å²) in [6, 6.07) is 17.8. The third kappa shape index (κ3) is 4.33. The molecule has 4 aromatic rings. The Balaban J connectivity index is 1.58. The van der Waals surface area contributed by atoms with Crippen LogP contribution in [0.15, 0.2) is 77.8 Å². The summed E-state index contributed by atoms with van der Waals surface area (Å²) >= 11 is 0. The van der Waals surface area contributed by atoms with Gasteiger partial charge in [-0.3, -0.25) is 14.8 Å². The van der Waals surface area contributed by atoms with Gasteiger partial charge < -0.3 is 9.72 Å². The van der Waals surface area contributed by atoms with Gasteiger partial charge in [-0.25, -0.2) is 13.4 Å². The molecular formula is C21H19N5O4S. The number of nitrogens with zero attached hydrogens (tertiary/aromatic N) is 3. The first kappa shape index (κ1) is 20.4. The molecule has 158 valence electrons. The number of rotatable bonds is 7. The molecule has 31 heavy (non-hydrogen) atoms. The van der Waals surface area contributed by atoms with Crippen LogP contribution >= 0.6 is 0 Å². The van der Waals surface area contributed by atoms with E-state index < -0.39 is 14.9 Å². The van der Waals surface area contributed by atoms with Gasteiger partial charge in [-0.2, -0.15) is 0 Å². The quantitative estimate of drug-likeness (QED) is 0.334. The van der Waals surface area contributed by atoms with Gasteiger partial charge in [-0.15, -0.1) is 0 Å². The van der Waals surface area contributed by atoms with Gasteiger partial charge in [0.25, 0.3) is 15.7 Å². The van der Waals surface area contributed by atoms with E-state index in [0.29, 0.717) is 11.4 Å². The van der Waals surface area contributed by atoms with Crippen LogP contribution in [0.4, 0.5) is 17.1 Å². The average molecular weight is 437 g/mol. The SMILES string of the molecule is Cc1cccc2nc(CNc3ccc(S(=O)(=O)Nc4ccccc4)cc3[N+](=O)[O-])cn12. The molecule has 2 aromatic carbocycles. The highest BCUT2D eigenvalue weighted by Gasteiger charge is 2.21. The molecule has 0 aliphatic carbocycles. The van der Waals surface area contributed by atoms with Gasteiger partial charge >= 0.3 is 0 Å². The summed E-state index contributed by atoms with van der Waals surface area (Å²) in [6.45, 7) is 2.20. The molecule has 0 saturated carbocycles. The molecule has 0 bridgehead atoms. The van der Waals surface area contributed by atoms with E-state index >= 15 is 0 Å². The van der Waals surface area contributed by atoms with Crippen molar-refractivity contribution in [1.82, 2.24) is 9.38 Å². The molecule has 0 unspecified atom stereocenters. The van der Waals surface area contributed by atoms with Crippen molar-refractivity contribution in [2.45, 2.75) is 18.4 Å². The van der Waals surface area contributed by atoms with E-state index in [1.807, 2.05) is 35.7 Å². The lowest BCUT2D eigenvalue weighted by Gasteiger charge is -2.10. The van der Waals surface area contributed by atoms with Gasteiger partial charge in [0.15, 0.2) is 0 Å². The minimum Gasteiger partial charge on any atom is -0.374 e. The number of benzene rings is 2. The molecule has 2 aromatic heterocycles. The average Bonchev–Trinajstić information content (AvgIpc) is 3.17. The van der Waals surface area contributed by atoms with Gasteiger partial charge in [0.1, 0.15) is 11.3 Å². The van der Waals surface area contributed by atoms with Crippen LogP contribution in [0.2, 0.25) is 0 Å². The molecular weight excluding hydrogens is 418 g/mol. The number of aromatic nitrogens is 2. The number of aryl methyl sites for hydroxylation is 1. The van der Waals surface area contributed by atoms with Crippen molar-refractivity contribution in [3.05, 3.63) is 94.4 Å². The Morgan fingerprint density at radius 2 is 1.84 bits per heavy atom. The fraction of sp³-hybridized carbons (Fsp3) is 0.0952. The van der Waals surface area contributed by atoms with E-state index in [2.05, 4.69) is 15.0 Å². The third-order valence-corrected chi connectivity index (χ3v) is 6.09. The second-order valence-corrected chi connectivity index (χ2v) is 8.57. The van der Waals surface area contributed by atoms with Crippen molar-refractivity contribution in [2.75, 3.05) is 10.0 Å². The Morgan fingerprint density at radius 3 is 2.55 bits per heavy atom. The standard InChI is InChI=1S/C21H19N5O4S/c1-15-6-5-9-21-23-17(14-25(15)21)13-22-19-11-10-18(12-20(19)26(27)28)31(29,30)24-16-7-3-2-4-8-16/h2-12,14,22,24H,13H2,1H3. The van der Waals surface area contributed by atoms with Gasteiger partial charge in [0.05, 0.1) is 22.1 Å². The number of nitro groups is 1. The highest BCUT2D eigenvalue weighted by molar-refractivity contribution is 7.92. The predicted octanol–water partition coefficient (Wildman–Crippen LogP) is 3.96. The number of sulfonamides is 1. The minimum absolute atomic E-state index is 0.197. The maximum absolute atomic E-state index is 12.6. The number of pyridine rings is 1. The molecule has 0 atom stereocenters. The monoisotopic (exact) mass is 437 g/mol. The fourth-order valence-electron chi connectivity index (χ4n) is 3.17. The fourth-order valence-corrected chi connectivity index (χ4v) is 4.25. The molecule has 0 radical (unpaired) electrons. The van der Waals surface area contributed by atoms with Crippen LogP contribution in [0.25, 0.3) is 5.65 Å². The zero-order chi connectivity index (χ0) is 22.0. The molecule has 0 aliphatic heterocycles. The lowest BCUT2D eigenvalue weighted by atomic mass is 10.2. The van der Waals surface area contributed by atoms with Crippen LogP contribution in [-0.4, -0.2) is 22.7 Å². The summed E-state index contributed by atoms with van der Waals surface area (Å²) in [4.78, 5) is 15.3. The zero-order valence-corrected chi connectivity index (χ0v) is 17.3. The topological polar surface area (TPSA) is 119 Å². The summed E-state index contributed by atoms with van der Waals surface area (Å²) < 4.78 is 29.6. The highest BCUT2D eigenvalue weighted by atomic mass is 32.2. The lowest BCUT2D eigenvalue weighted by molar-refractivity contribution is -0.384. The highest BCUT2D eigenvalue weighted by Crippen LogP contribution is 2.29. The lowest BCUT2D eigenvalue weighted by Crippen LogP contribution is -2.13. The van der Waals surface area contributed by atoms with Crippen molar-refractivity contribution >= 4 is 32.7 Å². The van der Waals surface area contributed by atoms with Crippen molar-refractivity contribution in [2.24, 2.45) is 0 Å². The van der Waals surface area contributed by atoms with Crippen LogP contribution in [0, 0.1) is 17.0 Å². The number of fused-ring (bicyclic) bond motifs is 1. The summed E-state index contributed by atoms with van der Waals surface area (Å²) in [7, 11) is -3.97. The number of nitro benzene ring substituents is 1. The second kappa shape index (κ2) is 8.07. The normalized spacial score (nSPS) is 11.4. The summed E-state index contributed by atoms with van der Waals surface area (Å²) in [6.07, 6.45) is 1.85. The van der Waals surface area contributed by atoms with E-state index in [4.69, 9.17) is 0 Å². The molecule has 2 N–H and O–H groups in total. The van der Waals surface area contributed by atoms with E-state index in [-0.39, 0.29) is 22.8 Å². The van der Waals surface area contributed by atoms with Crippen LogP contribution in [0.1, 0.15) is 11.4 Å². The van der Waals surface area contributed by atoms with Crippen LogP contribution < -0.4 is 10.0 Å². The van der Waals surface area contributed by atoms with Gasteiger partial charge in [-0.1, -0.05) is 24.3 Å². The molecule has 10 heteroatoms. The van der Waals surface area contributed by atoms with Crippen LogP contribution in [0.5, 0.6) is 0 Å². The number of anilines is 2. The Morgan fingerprint density at radius 1 is 1.06 bits per heavy atom. The first-order chi connectivity index (χ1) is 14.8. The molecule has 0 saturated heterocycles.